The highest BCUT2D eigenvalue weighted by Gasteiger charge is 1.97. The van der Waals surface area contributed by atoms with E-state index in [9.17, 15) is 0 Å². The largest absolute Gasteiger partial charge is 0.330 e. The summed E-state index contributed by atoms with van der Waals surface area (Å²) in [6, 6.07) is 0. The van der Waals surface area contributed by atoms with Gasteiger partial charge in [0.15, 0.2) is 0 Å². The molecule has 0 heterocycles. The Hall–Kier alpha value is -0.0400. The number of rotatable bonds is 7. The summed E-state index contributed by atoms with van der Waals surface area (Å²) in [5.41, 5.74) is 5.51. The van der Waals surface area contributed by atoms with Gasteiger partial charge in [-0.05, 0) is 18.9 Å². The van der Waals surface area contributed by atoms with Gasteiger partial charge in [-0.15, -0.1) is 0 Å². The zero-order chi connectivity index (χ0) is 8.53. The SMILES string of the molecule is CCCCCCC[C@H](C)CN. The molecule has 0 aliphatic carbocycles. The third kappa shape index (κ3) is 7.86. The predicted molar refractivity (Wildman–Crippen MR) is 51.6 cm³/mol. The molecule has 0 aromatic carbocycles. The Balaban J connectivity index is 2.89. The smallest absolute Gasteiger partial charge is 0.00515 e. The van der Waals surface area contributed by atoms with Crippen molar-refractivity contribution >= 4 is 0 Å². The van der Waals surface area contributed by atoms with Crippen molar-refractivity contribution in [2.45, 2.75) is 52.4 Å². The lowest BCUT2D eigenvalue weighted by molar-refractivity contribution is 0.494. The molecule has 68 valence electrons. The lowest BCUT2D eigenvalue weighted by Crippen LogP contribution is -2.10. The fourth-order valence-electron chi connectivity index (χ4n) is 1.21. The van der Waals surface area contributed by atoms with E-state index in [1.807, 2.05) is 0 Å². The quantitative estimate of drug-likeness (QED) is 0.565. The Kier molecular flexibility index (Phi) is 8.03. The molecular formula is C10H23N. The van der Waals surface area contributed by atoms with Crippen molar-refractivity contribution in [1.29, 1.82) is 0 Å². The van der Waals surface area contributed by atoms with Crippen LogP contribution in [-0.4, -0.2) is 6.54 Å². The summed E-state index contributed by atoms with van der Waals surface area (Å²) in [5, 5.41) is 0. The molecule has 1 atom stereocenters. The monoisotopic (exact) mass is 157 g/mol. The average Bonchev–Trinajstić information content (AvgIpc) is 2.04. The number of unbranched alkanes of at least 4 members (excludes halogenated alkanes) is 4. The van der Waals surface area contributed by atoms with Crippen LogP contribution in [0.4, 0.5) is 0 Å². The van der Waals surface area contributed by atoms with E-state index >= 15 is 0 Å². The summed E-state index contributed by atoms with van der Waals surface area (Å²) in [4.78, 5) is 0. The van der Waals surface area contributed by atoms with Crippen molar-refractivity contribution < 1.29 is 0 Å². The minimum atomic E-state index is 0.733. The van der Waals surface area contributed by atoms with E-state index in [0.29, 0.717) is 0 Å². The van der Waals surface area contributed by atoms with Crippen LogP contribution in [0.25, 0.3) is 0 Å². The summed E-state index contributed by atoms with van der Waals surface area (Å²) in [7, 11) is 0. The molecule has 1 heteroatoms. The van der Waals surface area contributed by atoms with E-state index in [4.69, 9.17) is 5.73 Å². The van der Waals surface area contributed by atoms with E-state index < -0.39 is 0 Å². The van der Waals surface area contributed by atoms with Gasteiger partial charge in [0.1, 0.15) is 0 Å². The molecule has 0 saturated carbocycles. The summed E-state index contributed by atoms with van der Waals surface area (Å²) in [6.45, 7) is 5.34. The van der Waals surface area contributed by atoms with Crippen LogP contribution in [0.3, 0.4) is 0 Å². The maximum Gasteiger partial charge on any atom is -0.00515 e. The highest BCUT2D eigenvalue weighted by molar-refractivity contribution is 4.53. The molecule has 0 aliphatic rings. The van der Waals surface area contributed by atoms with Crippen LogP contribution in [0.1, 0.15) is 52.4 Å². The van der Waals surface area contributed by atoms with Gasteiger partial charge in [0.25, 0.3) is 0 Å². The van der Waals surface area contributed by atoms with Crippen LogP contribution in [0, 0.1) is 5.92 Å². The maximum absolute atomic E-state index is 5.51. The topological polar surface area (TPSA) is 26.0 Å². The molecule has 11 heavy (non-hydrogen) atoms. The predicted octanol–water partition coefficient (Wildman–Crippen LogP) is 2.94. The molecule has 0 saturated heterocycles. The second kappa shape index (κ2) is 8.06. The lowest BCUT2D eigenvalue weighted by Gasteiger charge is -2.06. The molecule has 0 spiro atoms. The molecule has 0 radical (unpaired) electrons. The summed E-state index contributed by atoms with van der Waals surface area (Å²) >= 11 is 0. The zero-order valence-electron chi connectivity index (χ0n) is 8.10. The normalized spacial score (nSPS) is 13.4. The lowest BCUT2D eigenvalue weighted by atomic mass is 10.0. The fraction of sp³-hybridized carbons (Fsp3) is 1.00. The van der Waals surface area contributed by atoms with Crippen LogP contribution in [0.2, 0.25) is 0 Å². The van der Waals surface area contributed by atoms with E-state index in [1.54, 1.807) is 0 Å². The van der Waals surface area contributed by atoms with Gasteiger partial charge in [0.2, 0.25) is 0 Å². The molecule has 1 nitrogen and oxygen atoms in total. The minimum absolute atomic E-state index is 0.733. The van der Waals surface area contributed by atoms with Crippen molar-refractivity contribution in [3.63, 3.8) is 0 Å². The standard InChI is InChI=1S/C10H23N/c1-3-4-5-6-7-8-10(2)9-11/h10H,3-9,11H2,1-2H3/t10-/m0/s1. The van der Waals surface area contributed by atoms with Crippen molar-refractivity contribution in [3.05, 3.63) is 0 Å². The Bertz CT molecular complexity index is 71.3. The van der Waals surface area contributed by atoms with Crippen LogP contribution in [0.15, 0.2) is 0 Å². The van der Waals surface area contributed by atoms with Gasteiger partial charge in [-0.1, -0.05) is 46.0 Å². The van der Waals surface area contributed by atoms with E-state index in [1.165, 1.54) is 38.5 Å². The van der Waals surface area contributed by atoms with Crippen LogP contribution in [0.5, 0.6) is 0 Å². The Labute approximate surface area is 71.4 Å². The second-order valence-electron chi connectivity index (χ2n) is 3.54. The first-order valence-electron chi connectivity index (χ1n) is 5.01. The van der Waals surface area contributed by atoms with E-state index in [0.717, 1.165) is 12.5 Å². The Morgan fingerprint density at radius 1 is 1.09 bits per heavy atom. The van der Waals surface area contributed by atoms with E-state index in [-0.39, 0.29) is 0 Å². The molecule has 0 aromatic rings. The molecule has 0 fully saturated rings. The van der Waals surface area contributed by atoms with Crippen LogP contribution >= 0.6 is 0 Å². The minimum Gasteiger partial charge on any atom is -0.330 e. The van der Waals surface area contributed by atoms with E-state index in [2.05, 4.69) is 13.8 Å². The van der Waals surface area contributed by atoms with Gasteiger partial charge in [-0.2, -0.15) is 0 Å². The Morgan fingerprint density at radius 2 is 1.73 bits per heavy atom. The highest BCUT2D eigenvalue weighted by atomic mass is 14.5. The van der Waals surface area contributed by atoms with Gasteiger partial charge in [0.05, 0.1) is 0 Å². The van der Waals surface area contributed by atoms with Crippen LogP contribution < -0.4 is 5.73 Å². The third-order valence-corrected chi connectivity index (χ3v) is 2.20. The molecule has 0 bridgehead atoms. The summed E-state index contributed by atoms with van der Waals surface area (Å²) in [5.74, 6) is 0.733. The second-order valence-corrected chi connectivity index (χ2v) is 3.54. The van der Waals surface area contributed by atoms with Crippen molar-refractivity contribution in [1.82, 2.24) is 0 Å². The van der Waals surface area contributed by atoms with Gasteiger partial charge in [-0.25, -0.2) is 0 Å². The molecule has 0 aromatic heterocycles. The molecule has 0 unspecified atom stereocenters. The highest BCUT2D eigenvalue weighted by Crippen LogP contribution is 2.09. The molecule has 0 amide bonds. The number of hydrogen-bond acceptors (Lipinski definition) is 1. The summed E-state index contributed by atoms with van der Waals surface area (Å²) in [6.07, 6.45) is 8.24. The molecule has 0 aliphatic heterocycles. The zero-order valence-corrected chi connectivity index (χ0v) is 8.10. The third-order valence-electron chi connectivity index (χ3n) is 2.20. The average molecular weight is 157 g/mol. The van der Waals surface area contributed by atoms with Gasteiger partial charge in [0, 0.05) is 0 Å². The fourth-order valence-corrected chi connectivity index (χ4v) is 1.21. The number of hydrogen-bond donors (Lipinski definition) is 1. The van der Waals surface area contributed by atoms with Crippen LogP contribution in [-0.2, 0) is 0 Å². The Morgan fingerprint density at radius 3 is 2.27 bits per heavy atom. The van der Waals surface area contributed by atoms with Crippen molar-refractivity contribution in [3.8, 4) is 0 Å². The molecule has 2 N–H and O–H groups in total. The first kappa shape index (κ1) is 11.0. The first-order chi connectivity index (χ1) is 5.31. The van der Waals surface area contributed by atoms with Gasteiger partial charge >= 0.3 is 0 Å². The van der Waals surface area contributed by atoms with Gasteiger partial charge in [-0.3, -0.25) is 0 Å². The molecular weight excluding hydrogens is 134 g/mol. The van der Waals surface area contributed by atoms with Crippen molar-refractivity contribution in [2.24, 2.45) is 11.7 Å². The summed E-state index contributed by atoms with van der Waals surface area (Å²) < 4.78 is 0. The maximum atomic E-state index is 5.51. The first-order valence-corrected chi connectivity index (χ1v) is 5.01. The molecule has 0 rings (SSSR count). The van der Waals surface area contributed by atoms with Crippen molar-refractivity contribution in [2.75, 3.05) is 6.54 Å². The van der Waals surface area contributed by atoms with Gasteiger partial charge < -0.3 is 5.73 Å². The number of nitrogens with two attached hydrogens (primary N) is 1.